The predicted molar refractivity (Wildman–Crippen MR) is 108 cm³/mol. The molecular formula is C21H27N3O6. The Morgan fingerprint density at radius 2 is 1.93 bits per heavy atom. The van der Waals surface area contributed by atoms with E-state index in [1.807, 2.05) is 6.92 Å². The second kappa shape index (κ2) is 9.60. The van der Waals surface area contributed by atoms with Crippen LogP contribution in [0.1, 0.15) is 45.4 Å². The summed E-state index contributed by atoms with van der Waals surface area (Å²) in [6.07, 6.45) is 3.46. The number of nitrogens with one attached hydrogen (secondary N) is 2. The van der Waals surface area contributed by atoms with Crippen LogP contribution >= 0.6 is 0 Å². The van der Waals surface area contributed by atoms with Crippen molar-refractivity contribution in [3.8, 4) is 5.75 Å². The number of carbonyl (C=O) groups excluding carboxylic acids is 4. The molecule has 0 unspecified atom stereocenters. The van der Waals surface area contributed by atoms with E-state index in [1.54, 1.807) is 24.3 Å². The highest BCUT2D eigenvalue weighted by Gasteiger charge is 2.52. The van der Waals surface area contributed by atoms with Crippen molar-refractivity contribution < 1.29 is 28.7 Å². The SMILES string of the molecule is CCOc1ccccc1NC(=O)COC(=O)CCCN1C(=O)NC2(CCCC2)C1=O. The Labute approximate surface area is 175 Å². The Balaban J connectivity index is 1.39. The van der Waals surface area contributed by atoms with Gasteiger partial charge in [0.05, 0.1) is 12.3 Å². The van der Waals surface area contributed by atoms with Crippen LogP contribution in [-0.2, 0) is 19.1 Å². The first-order chi connectivity index (χ1) is 14.4. The Kier molecular flexibility index (Phi) is 6.91. The molecule has 2 N–H and O–H groups in total. The Morgan fingerprint density at radius 1 is 1.20 bits per heavy atom. The van der Waals surface area contributed by atoms with E-state index in [2.05, 4.69) is 10.6 Å². The molecule has 162 valence electrons. The Morgan fingerprint density at radius 3 is 2.67 bits per heavy atom. The number of urea groups is 1. The summed E-state index contributed by atoms with van der Waals surface area (Å²) in [5.74, 6) is -0.711. The van der Waals surface area contributed by atoms with Crippen LogP contribution < -0.4 is 15.4 Å². The molecule has 9 nitrogen and oxygen atoms in total. The number of para-hydroxylation sites is 2. The molecular weight excluding hydrogens is 390 g/mol. The van der Waals surface area contributed by atoms with Gasteiger partial charge in [0.1, 0.15) is 11.3 Å². The van der Waals surface area contributed by atoms with Gasteiger partial charge in [-0.2, -0.15) is 0 Å². The number of anilines is 1. The zero-order valence-corrected chi connectivity index (χ0v) is 17.1. The van der Waals surface area contributed by atoms with Crippen molar-refractivity contribution in [2.75, 3.05) is 25.1 Å². The third-order valence-electron chi connectivity index (χ3n) is 5.29. The molecule has 0 radical (unpaired) electrons. The van der Waals surface area contributed by atoms with Gasteiger partial charge in [-0.3, -0.25) is 19.3 Å². The molecule has 2 fully saturated rings. The summed E-state index contributed by atoms with van der Waals surface area (Å²) in [4.78, 5) is 49.8. The van der Waals surface area contributed by atoms with E-state index in [1.165, 1.54) is 4.90 Å². The lowest BCUT2D eigenvalue weighted by Crippen LogP contribution is -2.44. The van der Waals surface area contributed by atoms with Crippen LogP contribution in [0.15, 0.2) is 24.3 Å². The summed E-state index contributed by atoms with van der Waals surface area (Å²) < 4.78 is 10.4. The third kappa shape index (κ3) is 4.90. The van der Waals surface area contributed by atoms with Crippen LogP contribution in [-0.4, -0.2) is 54.0 Å². The average Bonchev–Trinajstić information content (AvgIpc) is 3.28. The van der Waals surface area contributed by atoms with Gasteiger partial charge in [0.25, 0.3) is 11.8 Å². The average molecular weight is 417 g/mol. The Hall–Kier alpha value is -3.10. The van der Waals surface area contributed by atoms with Gasteiger partial charge in [-0.25, -0.2) is 4.79 Å². The van der Waals surface area contributed by atoms with Gasteiger partial charge < -0.3 is 20.1 Å². The maximum atomic E-state index is 12.5. The van der Waals surface area contributed by atoms with Crippen LogP contribution in [0.3, 0.4) is 0 Å². The van der Waals surface area contributed by atoms with Crippen LogP contribution in [0.4, 0.5) is 10.5 Å². The van der Waals surface area contributed by atoms with E-state index in [-0.39, 0.29) is 25.3 Å². The van der Waals surface area contributed by atoms with E-state index in [0.29, 0.717) is 30.9 Å². The van der Waals surface area contributed by atoms with Gasteiger partial charge in [0.15, 0.2) is 6.61 Å². The number of hydrogen-bond donors (Lipinski definition) is 2. The second-order valence-corrected chi connectivity index (χ2v) is 7.42. The van der Waals surface area contributed by atoms with E-state index < -0.39 is 30.1 Å². The van der Waals surface area contributed by atoms with Crippen molar-refractivity contribution in [3.05, 3.63) is 24.3 Å². The van der Waals surface area contributed by atoms with Crippen molar-refractivity contribution in [2.24, 2.45) is 0 Å². The van der Waals surface area contributed by atoms with Crippen molar-refractivity contribution in [3.63, 3.8) is 0 Å². The largest absolute Gasteiger partial charge is 0.492 e. The number of esters is 1. The minimum atomic E-state index is -0.743. The molecule has 4 amide bonds. The van der Waals surface area contributed by atoms with Crippen molar-refractivity contribution in [1.29, 1.82) is 0 Å². The minimum absolute atomic E-state index is 0.00682. The molecule has 1 aromatic rings. The highest BCUT2D eigenvalue weighted by Crippen LogP contribution is 2.35. The molecule has 0 bridgehead atoms. The summed E-state index contributed by atoms with van der Waals surface area (Å²) in [7, 11) is 0. The molecule has 30 heavy (non-hydrogen) atoms. The van der Waals surface area contributed by atoms with Gasteiger partial charge in [-0.15, -0.1) is 0 Å². The number of nitrogens with zero attached hydrogens (tertiary/aromatic N) is 1. The zero-order chi connectivity index (χ0) is 21.6. The molecule has 1 aliphatic carbocycles. The van der Waals surface area contributed by atoms with E-state index in [9.17, 15) is 19.2 Å². The summed E-state index contributed by atoms with van der Waals surface area (Å²) in [5.41, 5.74) is -0.243. The number of ether oxygens (including phenoxy) is 2. The lowest BCUT2D eigenvalue weighted by molar-refractivity contribution is -0.147. The first kappa shape index (κ1) is 21.6. The van der Waals surface area contributed by atoms with Gasteiger partial charge >= 0.3 is 12.0 Å². The van der Waals surface area contributed by atoms with Crippen molar-refractivity contribution in [1.82, 2.24) is 10.2 Å². The molecule has 2 aliphatic rings. The topological polar surface area (TPSA) is 114 Å². The van der Waals surface area contributed by atoms with Crippen molar-refractivity contribution >= 4 is 29.5 Å². The minimum Gasteiger partial charge on any atom is -0.492 e. The highest BCUT2D eigenvalue weighted by atomic mass is 16.5. The van der Waals surface area contributed by atoms with Crippen LogP contribution in [0.25, 0.3) is 0 Å². The fourth-order valence-corrected chi connectivity index (χ4v) is 3.83. The fraction of sp³-hybridized carbons (Fsp3) is 0.524. The van der Waals surface area contributed by atoms with Crippen LogP contribution in [0, 0.1) is 0 Å². The number of imide groups is 1. The summed E-state index contributed by atoms with van der Waals surface area (Å²) in [6.45, 7) is 2.02. The van der Waals surface area contributed by atoms with Crippen LogP contribution in [0.5, 0.6) is 5.75 Å². The summed E-state index contributed by atoms with van der Waals surface area (Å²) >= 11 is 0. The molecule has 3 rings (SSSR count). The molecule has 0 atom stereocenters. The number of amides is 4. The molecule has 1 aromatic carbocycles. The number of carbonyl (C=O) groups is 4. The molecule has 0 aromatic heterocycles. The highest BCUT2D eigenvalue weighted by molar-refractivity contribution is 6.07. The van der Waals surface area contributed by atoms with E-state index >= 15 is 0 Å². The number of rotatable bonds is 9. The number of hydrogen-bond acceptors (Lipinski definition) is 6. The first-order valence-electron chi connectivity index (χ1n) is 10.3. The molecule has 9 heteroatoms. The fourth-order valence-electron chi connectivity index (χ4n) is 3.83. The lowest BCUT2D eigenvalue weighted by atomic mass is 9.98. The smallest absolute Gasteiger partial charge is 0.325 e. The zero-order valence-electron chi connectivity index (χ0n) is 17.1. The van der Waals surface area contributed by atoms with Gasteiger partial charge in [-0.1, -0.05) is 25.0 Å². The van der Waals surface area contributed by atoms with Gasteiger partial charge in [-0.05, 0) is 38.3 Å². The van der Waals surface area contributed by atoms with Crippen LogP contribution in [0.2, 0.25) is 0 Å². The molecule has 1 heterocycles. The second-order valence-electron chi connectivity index (χ2n) is 7.42. The number of benzene rings is 1. The molecule has 1 saturated carbocycles. The van der Waals surface area contributed by atoms with Gasteiger partial charge in [0.2, 0.25) is 0 Å². The first-order valence-corrected chi connectivity index (χ1v) is 10.3. The van der Waals surface area contributed by atoms with E-state index in [4.69, 9.17) is 9.47 Å². The molecule has 1 aliphatic heterocycles. The van der Waals surface area contributed by atoms with E-state index in [0.717, 1.165) is 12.8 Å². The van der Waals surface area contributed by atoms with Gasteiger partial charge in [0, 0.05) is 13.0 Å². The predicted octanol–water partition coefficient (Wildman–Crippen LogP) is 2.21. The molecule has 1 spiro atoms. The quantitative estimate of drug-likeness (QED) is 0.470. The Bertz CT molecular complexity index is 819. The maximum absolute atomic E-state index is 12.5. The normalized spacial score (nSPS) is 17.2. The van der Waals surface area contributed by atoms with Crippen molar-refractivity contribution in [2.45, 2.75) is 51.0 Å². The summed E-state index contributed by atoms with van der Waals surface area (Å²) in [6, 6.07) is 6.58. The maximum Gasteiger partial charge on any atom is 0.325 e. The third-order valence-corrected chi connectivity index (χ3v) is 5.29. The standard InChI is InChI=1S/C21H27N3O6/c1-2-29-16-9-4-3-8-15(16)22-17(25)14-30-18(26)10-7-13-24-19(27)21(23-20(24)28)11-5-6-12-21/h3-4,8-9H,2,5-7,10-14H2,1H3,(H,22,25)(H,23,28). The lowest BCUT2D eigenvalue weighted by Gasteiger charge is -2.19. The monoisotopic (exact) mass is 417 g/mol. The summed E-state index contributed by atoms with van der Waals surface area (Å²) in [5, 5.41) is 5.45. The molecule has 1 saturated heterocycles.